The molecule has 0 spiro atoms. The zero-order chi connectivity index (χ0) is 16.1. The number of benzene rings is 1. The lowest BCUT2D eigenvalue weighted by molar-refractivity contribution is 0.271. The van der Waals surface area contributed by atoms with Gasteiger partial charge in [0.15, 0.2) is 0 Å². The average Bonchev–Trinajstić information content (AvgIpc) is 2.53. The summed E-state index contributed by atoms with van der Waals surface area (Å²) in [6.07, 6.45) is 3.10. The first-order valence-corrected chi connectivity index (χ1v) is 6.76. The van der Waals surface area contributed by atoms with Crippen LogP contribution in [0.15, 0.2) is 52.7 Å². The van der Waals surface area contributed by atoms with Gasteiger partial charge in [0.05, 0.1) is 13.2 Å². The van der Waals surface area contributed by atoms with E-state index in [4.69, 9.17) is 9.47 Å². The Kier molecular flexibility index (Phi) is 4.83. The molecule has 0 aliphatic heterocycles. The normalized spacial score (nSPS) is 11.7. The third-order valence-corrected chi connectivity index (χ3v) is 3.26. The van der Waals surface area contributed by atoms with Gasteiger partial charge in [-0.2, -0.15) is 0 Å². The molecule has 1 N–H and O–H groups in total. The molecule has 6 nitrogen and oxygen atoms in total. The van der Waals surface area contributed by atoms with Gasteiger partial charge in [-0.1, -0.05) is 6.08 Å². The molecule has 22 heavy (non-hydrogen) atoms. The number of ether oxygens (including phenoxy) is 2. The van der Waals surface area contributed by atoms with E-state index in [1.54, 1.807) is 44.4 Å². The molecule has 0 saturated heterocycles. The molecule has 116 valence electrons. The fraction of sp³-hybridized carbons (Fsp3) is 0.250. The van der Waals surface area contributed by atoms with Gasteiger partial charge in [-0.15, -0.1) is 6.58 Å². The number of H-pyrrole nitrogens is 1. The summed E-state index contributed by atoms with van der Waals surface area (Å²) < 4.78 is 12.1. The van der Waals surface area contributed by atoms with Crippen LogP contribution in [0.2, 0.25) is 0 Å². The Bertz CT molecular complexity index is 759. The molecule has 2 aromatic rings. The first-order valence-electron chi connectivity index (χ1n) is 6.76. The Labute approximate surface area is 127 Å². The molecule has 1 aromatic heterocycles. The molecule has 0 radical (unpaired) electrons. The van der Waals surface area contributed by atoms with E-state index in [1.165, 1.54) is 10.8 Å². The minimum atomic E-state index is -0.487. The van der Waals surface area contributed by atoms with Gasteiger partial charge >= 0.3 is 5.69 Å². The van der Waals surface area contributed by atoms with Crippen LogP contribution in [0, 0.1) is 6.92 Å². The lowest BCUT2D eigenvalue weighted by atomic mass is 10.2. The molecule has 1 aromatic carbocycles. The Balaban J connectivity index is 2.15. The van der Waals surface area contributed by atoms with Crippen LogP contribution in [0.25, 0.3) is 0 Å². The first-order chi connectivity index (χ1) is 10.5. The predicted molar refractivity (Wildman–Crippen MR) is 83.8 cm³/mol. The molecule has 0 bridgehead atoms. The van der Waals surface area contributed by atoms with Crippen molar-refractivity contribution in [1.29, 1.82) is 0 Å². The van der Waals surface area contributed by atoms with E-state index in [0.29, 0.717) is 11.3 Å². The lowest BCUT2D eigenvalue weighted by Crippen LogP contribution is -2.34. The highest BCUT2D eigenvalue weighted by atomic mass is 16.5. The Morgan fingerprint density at radius 1 is 1.27 bits per heavy atom. The number of hydrogen-bond acceptors (Lipinski definition) is 4. The van der Waals surface area contributed by atoms with Crippen molar-refractivity contribution in [2.45, 2.75) is 13.0 Å². The number of aromatic amines is 1. The van der Waals surface area contributed by atoms with Crippen LogP contribution in [-0.2, 0) is 0 Å². The summed E-state index contributed by atoms with van der Waals surface area (Å²) in [5, 5.41) is 0. The van der Waals surface area contributed by atoms with Gasteiger partial charge in [0.1, 0.15) is 18.1 Å². The van der Waals surface area contributed by atoms with Gasteiger partial charge < -0.3 is 9.47 Å². The third-order valence-electron chi connectivity index (χ3n) is 3.26. The largest absolute Gasteiger partial charge is 0.497 e. The minimum absolute atomic E-state index is 0.223. The average molecular weight is 302 g/mol. The van der Waals surface area contributed by atoms with Crippen LogP contribution >= 0.6 is 0 Å². The van der Waals surface area contributed by atoms with Gasteiger partial charge in [-0.3, -0.25) is 14.3 Å². The summed E-state index contributed by atoms with van der Waals surface area (Å²) in [6, 6.07) is 6.74. The molecule has 1 heterocycles. The van der Waals surface area contributed by atoms with Crippen molar-refractivity contribution in [2.24, 2.45) is 0 Å². The number of aryl methyl sites for hydroxylation is 1. The second kappa shape index (κ2) is 6.80. The van der Waals surface area contributed by atoms with Gasteiger partial charge in [0.2, 0.25) is 0 Å². The SMILES string of the molecule is C=CC(COc1ccc(OC)cc1)n1cc(C)c(=O)[nH]c1=O. The zero-order valence-electron chi connectivity index (χ0n) is 12.5. The highest BCUT2D eigenvalue weighted by Gasteiger charge is 2.11. The fourth-order valence-electron chi connectivity index (χ4n) is 1.95. The van der Waals surface area contributed by atoms with Crippen molar-refractivity contribution in [2.75, 3.05) is 13.7 Å². The van der Waals surface area contributed by atoms with Gasteiger partial charge in [-0.25, -0.2) is 4.79 Å². The van der Waals surface area contributed by atoms with Crippen molar-refractivity contribution < 1.29 is 9.47 Å². The van der Waals surface area contributed by atoms with Gasteiger partial charge in [-0.05, 0) is 31.2 Å². The Hall–Kier alpha value is -2.76. The zero-order valence-corrected chi connectivity index (χ0v) is 12.5. The number of aromatic nitrogens is 2. The third kappa shape index (κ3) is 3.46. The quantitative estimate of drug-likeness (QED) is 0.824. The topological polar surface area (TPSA) is 73.3 Å². The van der Waals surface area contributed by atoms with Crippen molar-refractivity contribution in [3.8, 4) is 11.5 Å². The standard InChI is InChI=1S/C16H18N2O4/c1-4-12(18-9-11(2)15(19)17-16(18)20)10-22-14-7-5-13(21-3)6-8-14/h4-9,12H,1,10H2,2-3H3,(H,17,19,20). The van der Waals surface area contributed by atoms with Crippen LogP contribution in [0.1, 0.15) is 11.6 Å². The summed E-state index contributed by atoms with van der Waals surface area (Å²) in [5.41, 5.74) is -0.421. The first kappa shape index (κ1) is 15.6. The number of nitrogens with zero attached hydrogens (tertiary/aromatic N) is 1. The maximum Gasteiger partial charge on any atom is 0.329 e. The molecule has 2 rings (SSSR count). The number of rotatable bonds is 6. The second-order valence-corrected chi connectivity index (χ2v) is 4.77. The molecular weight excluding hydrogens is 284 g/mol. The number of hydrogen-bond donors (Lipinski definition) is 1. The predicted octanol–water partition coefficient (Wildman–Crippen LogP) is 1.66. The summed E-state index contributed by atoms with van der Waals surface area (Å²) >= 11 is 0. The van der Waals surface area contributed by atoms with Crippen LogP contribution < -0.4 is 20.7 Å². The van der Waals surface area contributed by atoms with E-state index in [-0.39, 0.29) is 18.2 Å². The van der Waals surface area contributed by atoms with Crippen LogP contribution in [0.3, 0.4) is 0 Å². The second-order valence-electron chi connectivity index (χ2n) is 4.77. The number of nitrogens with one attached hydrogen (secondary N) is 1. The summed E-state index contributed by atoms with van der Waals surface area (Å²) in [6.45, 7) is 5.58. The van der Waals surface area contributed by atoms with E-state index in [9.17, 15) is 9.59 Å². The molecule has 0 saturated carbocycles. The maximum atomic E-state index is 11.9. The lowest BCUT2D eigenvalue weighted by Gasteiger charge is -2.17. The van der Waals surface area contributed by atoms with Gasteiger partial charge in [0, 0.05) is 11.8 Å². The van der Waals surface area contributed by atoms with E-state index >= 15 is 0 Å². The Morgan fingerprint density at radius 2 is 1.91 bits per heavy atom. The number of methoxy groups -OCH3 is 1. The van der Waals surface area contributed by atoms with Crippen molar-refractivity contribution >= 4 is 0 Å². The van der Waals surface area contributed by atoms with Crippen molar-refractivity contribution in [3.05, 3.63) is 69.5 Å². The molecule has 1 unspecified atom stereocenters. The molecular formula is C16H18N2O4. The highest BCUT2D eigenvalue weighted by Crippen LogP contribution is 2.18. The molecule has 1 atom stereocenters. The van der Waals surface area contributed by atoms with Crippen molar-refractivity contribution in [3.63, 3.8) is 0 Å². The molecule has 0 aliphatic carbocycles. The van der Waals surface area contributed by atoms with E-state index < -0.39 is 5.69 Å². The van der Waals surface area contributed by atoms with Crippen LogP contribution in [-0.4, -0.2) is 23.3 Å². The van der Waals surface area contributed by atoms with Gasteiger partial charge in [0.25, 0.3) is 5.56 Å². The minimum Gasteiger partial charge on any atom is -0.497 e. The molecule has 0 amide bonds. The molecule has 0 fully saturated rings. The van der Waals surface area contributed by atoms with E-state index in [2.05, 4.69) is 11.6 Å². The monoisotopic (exact) mass is 302 g/mol. The summed E-state index contributed by atoms with van der Waals surface area (Å²) in [4.78, 5) is 25.5. The Morgan fingerprint density at radius 3 is 2.50 bits per heavy atom. The molecule has 0 aliphatic rings. The van der Waals surface area contributed by atoms with Crippen LogP contribution in [0.4, 0.5) is 0 Å². The fourth-order valence-corrected chi connectivity index (χ4v) is 1.95. The van der Waals surface area contributed by atoms with Crippen molar-refractivity contribution in [1.82, 2.24) is 9.55 Å². The summed E-state index contributed by atoms with van der Waals surface area (Å²) in [7, 11) is 1.59. The smallest absolute Gasteiger partial charge is 0.329 e. The van der Waals surface area contributed by atoms with E-state index in [0.717, 1.165) is 5.75 Å². The highest BCUT2D eigenvalue weighted by molar-refractivity contribution is 5.31. The summed E-state index contributed by atoms with van der Waals surface area (Å²) in [5.74, 6) is 1.39. The maximum absolute atomic E-state index is 11.9. The molecule has 6 heteroatoms. The van der Waals surface area contributed by atoms with Crippen LogP contribution in [0.5, 0.6) is 11.5 Å². The van der Waals surface area contributed by atoms with E-state index in [1.807, 2.05) is 0 Å².